The van der Waals surface area contributed by atoms with E-state index in [1.54, 1.807) is 4.90 Å². The van der Waals surface area contributed by atoms with E-state index < -0.39 is 17.3 Å². The highest BCUT2D eigenvalue weighted by atomic mass is 19.1. The molecule has 0 saturated carbocycles. The highest BCUT2D eigenvalue weighted by molar-refractivity contribution is 5.99. The van der Waals surface area contributed by atoms with Gasteiger partial charge in [0.25, 0.3) is 5.91 Å². The topological polar surface area (TPSA) is 69.0 Å². The molecule has 1 aromatic heterocycles. The van der Waals surface area contributed by atoms with Crippen LogP contribution in [0.15, 0.2) is 51.7 Å². The van der Waals surface area contributed by atoms with Gasteiger partial charge >= 0.3 is 0 Å². The molecule has 0 bridgehead atoms. The third-order valence-electron chi connectivity index (χ3n) is 5.59. The van der Waals surface area contributed by atoms with Crippen LogP contribution in [0.1, 0.15) is 61.3 Å². The normalized spacial score (nSPS) is 15.5. The highest BCUT2D eigenvalue weighted by Gasteiger charge is 2.42. The van der Waals surface area contributed by atoms with E-state index >= 15 is 0 Å². The molecule has 0 N–H and O–H groups in total. The number of hydrogen-bond acceptors (Lipinski definition) is 5. The first-order valence-corrected chi connectivity index (χ1v) is 11.3. The Bertz CT molecular complexity index is 1200. The minimum atomic E-state index is -0.629. The molecular formula is C26H28FNO5. The fourth-order valence-electron chi connectivity index (χ4n) is 4.09. The van der Waals surface area contributed by atoms with Crippen molar-refractivity contribution in [2.75, 3.05) is 19.8 Å². The summed E-state index contributed by atoms with van der Waals surface area (Å²) < 4.78 is 31.0. The second-order valence-electron chi connectivity index (χ2n) is 8.41. The number of nitrogens with zero attached hydrogens (tertiary/aromatic N) is 1. The molecule has 0 radical (unpaired) electrons. The first kappa shape index (κ1) is 23.0. The molecule has 0 spiro atoms. The van der Waals surface area contributed by atoms with Crippen molar-refractivity contribution < 1.29 is 23.1 Å². The second kappa shape index (κ2) is 9.75. The fraction of sp³-hybridized carbons (Fsp3) is 0.385. The van der Waals surface area contributed by atoms with Crippen LogP contribution in [0.2, 0.25) is 0 Å². The van der Waals surface area contributed by atoms with Gasteiger partial charge in [0.2, 0.25) is 5.76 Å². The Morgan fingerprint density at radius 1 is 1.09 bits per heavy atom. The summed E-state index contributed by atoms with van der Waals surface area (Å²) in [6.07, 6.45) is 1.59. The summed E-state index contributed by atoms with van der Waals surface area (Å²) in [5.41, 5.74) is 0.806. The van der Waals surface area contributed by atoms with Gasteiger partial charge in [-0.05, 0) is 62.6 Å². The van der Waals surface area contributed by atoms with E-state index in [0.29, 0.717) is 26.2 Å². The number of rotatable bonds is 9. The summed E-state index contributed by atoms with van der Waals surface area (Å²) >= 11 is 0. The van der Waals surface area contributed by atoms with Gasteiger partial charge in [0, 0.05) is 13.2 Å². The zero-order valence-corrected chi connectivity index (χ0v) is 19.1. The molecule has 1 amide bonds. The largest absolute Gasteiger partial charge is 0.494 e. The zero-order valence-electron chi connectivity index (χ0n) is 19.1. The lowest BCUT2D eigenvalue weighted by Crippen LogP contribution is -2.31. The third-order valence-corrected chi connectivity index (χ3v) is 5.59. The lowest BCUT2D eigenvalue weighted by atomic mass is 9.98. The van der Waals surface area contributed by atoms with Gasteiger partial charge in [-0.25, -0.2) is 4.39 Å². The number of fused-ring (bicyclic) bond motifs is 2. The van der Waals surface area contributed by atoms with E-state index in [2.05, 4.69) is 0 Å². The Kier molecular flexibility index (Phi) is 6.79. The molecule has 1 aliphatic heterocycles. The standard InChI is InChI=1S/C26H28FNO5/c1-4-13-32-19-9-6-17(7-10-19)23-22-24(29)20-15-18(27)8-11-21(20)33-25(22)26(30)28(23)12-5-14-31-16(2)3/h6-11,15-16,23H,4-5,12-14H2,1-3H3/t23-/m0/s1. The first-order chi connectivity index (χ1) is 15.9. The molecule has 2 aromatic carbocycles. The van der Waals surface area contributed by atoms with Crippen LogP contribution in [-0.2, 0) is 4.74 Å². The SMILES string of the molecule is CCCOc1ccc([C@H]2c3c(oc4ccc(F)cc4c3=O)C(=O)N2CCCOC(C)C)cc1. The second-order valence-corrected chi connectivity index (χ2v) is 8.41. The first-order valence-electron chi connectivity index (χ1n) is 11.3. The molecule has 33 heavy (non-hydrogen) atoms. The smallest absolute Gasteiger partial charge is 0.290 e. The van der Waals surface area contributed by atoms with Gasteiger partial charge in [-0.15, -0.1) is 0 Å². The van der Waals surface area contributed by atoms with E-state index in [0.717, 1.165) is 23.8 Å². The minimum absolute atomic E-state index is 0.0141. The van der Waals surface area contributed by atoms with Gasteiger partial charge in [-0.2, -0.15) is 0 Å². The van der Waals surface area contributed by atoms with Crippen molar-refractivity contribution in [1.29, 1.82) is 0 Å². The number of ether oxygens (including phenoxy) is 2. The van der Waals surface area contributed by atoms with Crippen LogP contribution in [0.25, 0.3) is 11.0 Å². The van der Waals surface area contributed by atoms with Gasteiger partial charge in [0.15, 0.2) is 5.43 Å². The van der Waals surface area contributed by atoms with Crippen molar-refractivity contribution >= 4 is 16.9 Å². The average molecular weight is 454 g/mol. The quantitative estimate of drug-likeness (QED) is 0.423. The Balaban J connectivity index is 1.76. The molecular weight excluding hydrogens is 425 g/mol. The maximum atomic E-state index is 13.9. The van der Waals surface area contributed by atoms with Crippen molar-refractivity contribution in [3.63, 3.8) is 0 Å². The molecule has 2 heterocycles. The van der Waals surface area contributed by atoms with Crippen LogP contribution in [0, 0.1) is 5.82 Å². The lowest BCUT2D eigenvalue weighted by molar-refractivity contribution is 0.0593. The number of hydrogen-bond donors (Lipinski definition) is 0. The van der Waals surface area contributed by atoms with Crippen LogP contribution >= 0.6 is 0 Å². The predicted octanol–water partition coefficient (Wildman–Crippen LogP) is 5.08. The molecule has 4 rings (SSSR count). The maximum Gasteiger partial charge on any atom is 0.290 e. The summed E-state index contributed by atoms with van der Waals surface area (Å²) in [5.74, 6) is -0.153. The number of carbonyl (C=O) groups excluding carboxylic acids is 1. The average Bonchev–Trinajstić information content (AvgIpc) is 3.08. The van der Waals surface area contributed by atoms with Gasteiger partial charge in [0.1, 0.15) is 17.1 Å². The van der Waals surface area contributed by atoms with Gasteiger partial charge in [-0.3, -0.25) is 9.59 Å². The number of benzene rings is 2. The van der Waals surface area contributed by atoms with Crippen molar-refractivity contribution in [2.45, 2.75) is 45.8 Å². The summed E-state index contributed by atoms with van der Waals surface area (Å²) in [4.78, 5) is 28.4. The molecule has 0 aliphatic carbocycles. The lowest BCUT2D eigenvalue weighted by Gasteiger charge is -2.25. The molecule has 0 unspecified atom stereocenters. The molecule has 7 heteroatoms. The van der Waals surface area contributed by atoms with Crippen molar-refractivity contribution in [2.24, 2.45) is 0 Å². The molecule has 0 saturated heterocycles. The van der Waals surface area contributed by atoms with Gasteiger partial charge in [0.05, 0.1) is 29.7 Å². The summed E-state index contributed by atoms with van der Waals surface area (Å²) in [7, 11) is 0. The van der Waals surface area contributed by atoms with Crippen LogP contribution in [0.4, 0.5) is 4.39 Å². The summed E-state index contributed by atoms with van der Waals surface area (Å²) in [6, 6.07) is 10.5. The molecule has 0 fully saturated rings. The molecule has 174 valence electrons. The van der Waals surface area contributed by atoms with Crippen LogP contribution in [0.3, 0.4) is 0 Å². The van der Waals surface area contributed by atoms with E-state index in [1.165, 1.54) is 12.1 Å². The zero-order chi connectivity index (χ0) is 23.5. The van der Waals surface area contributed by atoms with Crippen molar-refractivity contribution in [3.8, 4) is 5.75 Å². The summed E-state index contributed by atoms with van der Waals surface area (Å²) in [5, 5.41) is 0.124. The molecule has 1 atom stereocenters. The van der Waals surface area contributed by atoms with Gasteiger partial charge < -0.3 is 18.8 Å². The maximum absolute atomic E-state index is 13.9. The molecule has 1 aliphatic rings. The van der Waals surface area contributed by atoms with Crippen molar-refractivity contribution in [3.05, 3.63) is 75.4 Å². The Labute approximate surface area is 191 Å². The Morgan fingerprint density at radius 2 is 1.85 bits per heavy atom. The minimum Gasteiger partial charge on any atom is -0.494 e. The van der Waals surface area contributed by atoms with Crippen molar-refractivity contribution in [1.82, 2.24) is 4.90 Å². The van der Waals surface area contributed by atoms with E-state index in [-0.39, 0.29) is 34.3 Å². The molecule has 3 aromatic rings. The predicted molar refractivity (Wildman–Crippen MR) is 123 cm³/mol. The van der Waals surface area contributed by atoms with Crippen LogP contribution in [0.5, 0.6) is 5.75 Å². The number of amides is 1. The molecule has 6 nitrogen and oxygen atoms in total. The Hall–Kier alpha value is -3.19. The van der Waals surface area contributed by atoms with E-state index in [1.807, 2.05) is 45.0 Å². The summed E-state index contributed by atoms with van der Waals surface area (Å²) in [6.45, 7) is 7.42. The number of halogens is 1. The highest BCUT2D eigenvalue weighted by Crippen LogP contribution is 2.38. The monoisotopic (exact) mass is 453 g/mol. The Morgan fingerprint density at radius 3 is 2.55 bits per heavy atom. The van der Waals surface area contributed by atoms with E-state index in [9.17, 15) is 14.0 Å². The fourth-order valence-corrected chi connectivity index (χ4v) is 4.09. The van der Waals surface area contributed by atoms with E-state index in [4.69, 9.17) is 13.9 Å². The van der Waals surface area contributed by atoms with Crippen LogP contribution in [-0.4, -0.2) is 36.7 Å². The van der Waals surface area contributed by atoms with Crippen LogP contribution < -0.4 is 10.2 Å². The number of carbonyl (C=O) groups is 1. The van der Waals surface area contributed by atoms with Gasteiger partial charge in [-0.1, -0.05) is 19.1 Å². The third kappa shape index (κ3) is 4.64.